The zero-order valence-corrected chi connectivity index (χ0v) is 20.1. The molecule has 1 saturated heterocycles. The van der Waals surface area contributed by atoms with Crippen LogP contribution in [0.15, 0.2) is 30.3 Å². The Morgan fingerprint density at radius 2 is 1.79 bits per heavy atom. The molecule has 1 aliphatic heterocycles. The van der Waals surface area contributed by atoms with E-state index in [1.807, 2.05) is 44.2 Å². The average molecular weight is 457 g/mol. The fourth-order valence-corrected chi connectivity index (χ4v) is 4.94. The maximum atomic E-state index is 13.1. The van der Waals surface area contributed by atoms with E-state index in [4.69, 9.17) is 5.73 Å². The molecule has 2 aliphatic rings. The first kappa shape index (κ1) is 25.2. The van der Waals surface area contributed by atoms with Gasteiger partial charge in [0.25, 0.3) is 0 Å². The lowest BCUT2D eigenvalue weighted by atomic mass is 9.87. The molecular formula is C26H40N4O3. The molecule has 0 aromatic heterocycles. The summed E-state index contributed by atoms with van der Waals surface area (Å²) in [4.78, 5) is 40.3. The molecule has 1 aliphatic carbocycles. The lowest BCUT2D eigenvalue weighted by Crippen LogP contribution is -2.53. The number of rotatable bonds is 9. The van der Waals surface area contributed by atoms with Crippen molar-refractivity contribution in [2.24, 2.45) is 17.6 Å². The third kappa shape index (κ3) is 7.29. The summed E-state index contributed by atoms with van der Waals surface area (Å²) in [5.74, 6) is 0.0395. The average Bonchev–Trinajstić information content (AvgIpc) is 3.23. The number of amides is 3. The Balaban J connectivity index is 1.59. The molecule has 3 rings (SSSR count). The van der Waals surface area contributed by atoms with Crippen molar-refractivity contribution in [1.82, 2.24) is 15.5 Å². The number of nitrogens with one attached hydrogen (secondary N) is 2. The topological polar surface area (TPSA) is 105 Å². The minimum atomic E-state index is -0.665. The number of nitrogens with two attached hydrogens (primary N) is 1. The van der Waals surface area contributed by atoms with E-state index in [-0.39, 0.29) is 29.7 Å². The number of nitrogens with zero attached hydrogens (tertiary/aromatic N) is 1. The first-order chi connectivity index (χ1) is 15.8. The van der Waals surface area contributed by atoms with Crippen molar-refractivity contribution in [3.63, 3.8) is 0 Å². The van der Waals surface area contributed by atoms with E-state index >= 15 is 0 Å². The summed E-state index contributed by atoms with van der Waals surface area (Å²) in [6, 6.07) is 8.46. The summed E-state index contributed by atoms with van der Waals surface area (Å²) in [7, 11) is 0. The Hall–Kier alpha value is -2.41. The van der Waals surface area contributed by atoms with Crippen molar-refractivity contribution in [3.05, 3.63) is 35.9 Å². The van der Waals surface area contributed by atoms with Gasteiger partial charge in [0.05, 0.1) is 6.04 Å². The van der Waals surface area contributed by atoms with Gasteiger partial charge in [0.15, 0.2) is 0 Å². The Kier molecular flexibility index (Phi) is 9.30. The number of hydrogen-bond acceptors (Lipinski definition) is 4. The summed E-state index contributed by atoms with van der Waals surface area (Å²) in [6.45, 7) is 4.62. The smallest absolute Gasteiger partial charge is 0.242 e. The molecule has 1 heterocycles. The number of benzene rings is 1. The number of carbonyl (C=O) groups is 3. The van der Waals surface area contributed by atoms with Gasteiger partial charge >= 0.3 is 0 Å². The molecule has 3 amide bonds. The summed E-state index contributed by atoms with van der Waals surface area (Å²) < 4.78 is 0. The van der Waals surface area contributed by atoms with Gasteiger partial charge in [0, 0.05) is 25.6 Å². The van der Waals surface area contributed by atoms with Gasteiger partial charge < -0.3 is 21.3 Å². The molecule has 4 N–H and O–H groups in total. The van der Waals surface area contributed by atoms with E-state index in [2.05, 4.69) is 10.6 Å². The third-order valence-electron chi connectivity index (χ3n) is 7.01. The Bertz CT molecular complexity index is 792. The standard InChI is InChI=1S/C26H40N4O3/c1-18(2)24(27)26(33)30-17-21(29-23(31)15-20-11-7-4-8-12-20)16-22(30)25(32)28-14-13-19-9-5-3-6-10-19/h3,5-6,9-10,18,20-22,24H,4,7-8,11-17,27H2,1-2H3,(H,28,32)(H,29,31)/t21-,22-,24-/m0/s1. The third-order valence-corrected chi connectivity index (χ3v) is 7.01. The first-order valence-electron chi connectivity index (χ1n) is 12.5. The van der Waals surface area contributed by atoms with Crippen LogP contribution in [-0.2, 0) is 20.8 Å². The van der Waals surface area contributed by atoms with Gasteiger partial charge in [-0.1, -0.05) is 63.4 Å². The van der Waals surface area contributed by atoms with E-state index in [0.29, 0.717) is 31.8 Å². The highest BCUT2D eigenvalue weighted by Gasteiger charge is 2.42. The quantitative estimate of drug-likeness (QED) is 0.531. The van der Waals surface area contributed by atoms with E-state index < -0.39 is 12.1 Å². The van der Waals surface area contributed by atoms with Crippen molar-refractivity contribution in [1.29, 1.82) is 0 Å². The van der Waals surface area contributed by atoms with Crippen molar-refractivity contribution in [3.8, 4) is 0 Å². The van der Waals surface area contributed by atoms with Gasteiger partial charge in [-0.15, -0.1) is 0 Å². The minimum Gasteiger partial charge on any atom is -0.354 e. The van der Waals surface area contributed by atoms with Gasteiger partial charge in [-0.25, -0.2) is 0 Å². The second-order valence-electron chi connectivity index (χ2n) is 10.0. The molecule has 0 spiro atoms. The van der Waals surface area contributed by atoms with Crippen LogP contribution in [0.4, 0.5) is 0 Å². The summed E-state index contributed by atoms with van der Waals surface area (Å²) in [6.07, 6.45) is 7.55. The van der Waals surface area contributed by atoms with Gasteiger partial charge in [-0.3, -0.25) is 14.4 Å². The number of likely N-dealkylation sites (tertiary alicyclic amines) is 1. The van der Waals surface area contributed by atoms with Crippen LogP contribution in [-0.4, -0.2) is 53.8 Å². The summed E-state index contributed by atoms with van der Waals surface area (Å²) in [5.41, 5.74) is 7.28. The molecule has 0 unspecified atom stereocenters. The van der Waals surface area contributed by atoms with Crippen LogP contribution in [0.3, 0.4) is 0 Å². The van der Waals surface area contributed by atoms with Gasteiger partial charge in [0.1, 0.15) is 6.04 Å². The van der Waals surface area contributed by atoms with Crippen molar-refractivity contribution < 1.29 is 14.4 Å². The van der Waals surface area contributed by atoms with E-state index in [1.54, 1.807) is 4.90 Å². The molecule has 33 heavy (non-hydrogen) atoms. The van der Waals surface area contributed by atoms with Crippen LogP contribution in [0.5, 0.6) is 0 Å². The Morgan fingerprint density at radius 3 is 2.45 bits per heavy atom. The fourth-order valence-electron chi connectivity index (χ4n) is 4.94. The predicted molar refractivity (Wildman–Crippen MR) is 129 cm³/mol. The monoisotopic (exact) mass is 456 g/mol. The highest BCUT2D eigenvalue weighted by molar-refractivity contribution is 5.91. The lowest BCUT2D eigenvalue weighted by molar-refractivity contribution is -0.140. The molecular weight excluding hydrogens is 416 g/mol. The molecule has 0 bridgehead atoms. The van der Waals surface area contributed by atoms with Crippen LogP contribution >= 0.6 is 0 Å². The molecule has 3 atom stereocenters. The Labute approximate surface area is 197 Å². The van der Waals surface area contributed by atoms with Gasteiger partial charge in [0.2, 0.25) is 17.7 Å². The van der Waals surface area contributed by atoms with Crippen LogP contribution in [0.25, 0.3) is 0 Å². The number of hydrogen-bond donors (Lipinski definition) is 3. The van der Waals surface area contributed by atoms with E-state index in [1.165, 1.54) is 19.3 Å². The maximum absolute atomic E-state index is 13.1. The highest BCUT2D eigenvalue weighted by atomic mass is 16.2. The molecule has 0 radical (unpaired) electrons. The first-order valence-corrected chi connectivity index (χ1v) is 12.5. The normalized spacial score (nSPS) is 22.2. The van der Waals surface area contributed by atoms with Crippen LogP contribution in [0, 0.1) is 11.8 Å². The lowest BCUT2D eigenvalue weighted by Gasteiger charge is -2.28. The zero-order valence-electron chi connectivity index (χ0n) is 20.1. The molecule has 1 saturated carbocycles. The molecule has 7 nitrogen and oxygen atoms in total. The van der Waals surface area contributed by atoms with Gasteiger partial charge in [-0.05, 0) is 43.1 Å². The second kappa shape index (κ2) is 12.2. The number of carbonyl (C=O) groups excluding carboxylic acids is 3. The summed E-state index contributed by atoms with van der Waals surface area (Å²) >= 11 is 0. The summed E-state index contributed by atoms with van der Waals surface area (Å²) in [5, 5.41) is 6.07. The van der Waals surface area contributed by atoms with Crippen LogP contribution < -0.4 is 16.4 Å². The molecule has 182 valence electrons. The largest absolute Gasteiger partial charge is 0.354 e. The van der Waals surface area contributed by atoms with Gasteiger partial charge in [-0.2, -0.15) is 0 Å². The maximum Gasteiger partial charge on any atom is 0.242 e. The van der Waals surface area contributed by atoms with Crippen molar-refractivity contribution >= 4 is 17.7 Å². The van der Waals surface area contributed by atoms with E-state index in [9.17, 15) is 14.4 Å². The predicted octanol–water partition coefficient (Wildman–Crippen LogP) is 2.38. The molecule has 1 aromatic carbocycles. The van der Waals surface area contributed by atoms with Crippen LogP contribution in [0.2, 0.25) is 0 Å². The highest BCUT2D eigenvalue weighted by Crippen LogP contribution is 2.27. The second-order valence-corrected chi connectivity index (χ2v) is 10.0. The fraction of sp³-hybridized carbons (Fsp3) is 0.654. The SMILES string of the molecule is CC(C)[C@H](N)C(=O)N1C[C@@H](NC(=O)CC2CCCCC2)C[C@H]1C(=O)NCCc1ccccc1. The minimum absolute atomic E-state index is 0.0255. The molecule has 2 fully saturated rings. The molecule has 7 heteroatoms. The van der Waals surface area contributed by atoms with Crippen molar-refractivity contribution in [2.45, 2.75) is 83.3 Å². The van der Waals surface area contributed by atoms with Crippen molar-refractivity contribution in [2.75, 3.05) is 13.1 Å². The van der Waals surface area contributed by atoms with E-state index in [0.717, 1.165) is 24.8 Å². The Morgan fingerprint density at radius 1 is 1.09 bits per heavy atom. The zero-order chi connectivity index (χ0) is 23.8. The van der Waals surface area contributed by atoms with Crippen LogP contribution in [0.1, 0.15) is 64.4 Å². The molecule has 1 aromatic rings.